The number of amides is 1. The summed E-state index contributed by atoms with van der Waals surface area (Å²) in [6.45, 7) is -0.559. The van der Waals surface area contributed by atoms with E-state index in [0.29, 0.717) is 16.5 Å². The second-order valence-electron chi connectivity index (χ2n) is 5.17. The molecule has 26 heavy (non-hydrogen) atoms. The normalized spacial score (nSPS) is 10.5. The van der Waals surface area contributed by atoms with Crippen molar-refractivity contribution in [2.24, 2.45) is 0 Å². The summed E-state index contributed by atoms with van der Waals surface area (Å²) in [5, 5.41) is 9.53. The van der Waals surface area contributed by atoms with Crippen LogP contribution < -0.4 is 10.9 Å². The highest BCUT2D eigenvalue weighted by Gasteiger charge is 2.17. The van der Waals surface area contributed by atoms with Crippen molar-refractivity contribution in [1.82, 2.24) is 10.2 Å². The molecule has 1 amide bonds. The van der Waals surface area contributed by atoms with Gasteiger partial charge in [0.2, 0.25) is 0 Å². The molecule has 3 rings (SSSR count). The summed E-state index contributed by atoms with van der Waals surface area (Å²) < 4.78 is 4.97. The van der Waals surface area contributed by atoms with Gasteiger partial charge in [0.05, 0.1) is 21.1 Å². The van der Waals surface area contributed by atoms with E-state index >= 15 is 0 Å². The zero-order valence-electron chi connectivity index (χ0n) is 13.1. The van der Waals surface area contributed by atoms with E-state index in [1.165, 1.54) is 0 Å². The number of nitrogens with one attached hydrogen (secondary N) is 2. The maximum Gasteiger partial charge on any atom is 0.359 e. The summed E-state index contributed by atoms with van der Waals surface area (Å²) in [5.74, 6) is -1.44. The fraction of sp³-hybridized carbons (Fsp3) is 0.0588. The molecule has 0 fully saturated rings. The van der Waals surface area contributed by atoms with Crippen molar-refractivity contribution in [2.75, 3.05) is 11.9 Å². The van der Waals surface area contributed by atoms with Crippen LogP contribution in [-0.2, 0) is 9.53 Å². The number of aromatic nitrogens is 2. The van der Waals surface area contributed by atoms with Crippen molar-refractivity contribution < 1.29 is 14.3 Å². The highest BCUT2D eigenvalue weighted by molar-refractivity contribution is 6.44. The van der Waals surface area contributed by atoms with E-state index in [2.05, 4.69) is 15.5 Å². The van der Waals surface area contributed by atoms with Gasteiger partial charge in [-0.05, 0) is 18.2 Å². The van der Waals surface area contributed by atoms with E-state index < -0.39 is 24.0 Å². The second-order valence-corrected chi connectivity index (χ2v) is 5.96. The first kappa shape index (κ1) is 17.9. The summed E-state index contributed by atoms with van der Waals surface area (Å²) in [5.41, 5.74) is -0.216. The first-order valence-corrected chi connectivity index (χ1v) is 8.11. The Hall–Kier alpha value is -2.90. The van der Waals surface area contributed by atoms with Crippen LogP contribution in [0.4, 0.5) is 5.69 Å². The minimum atomic E-state index is -0.843. The molecule has 2 N–H and O–H groups in total. The molecule has 0 aliphatic rings. The zero-order valence-corrected chi connectivity index (χ0v) is 14.6. The number of ether oxygens (including phenoxy) is 1. The number of rotatable bonds is 4. The maximum absolute atomic E-state index is 12.2. The Morgan fingerprint density at radius 1 is 1.08 bits per heavy atom. The van der Waals surface area contributed by atoms with Crippen LogP contribution in [0.5, 0.6) is 0 Å². The van der Waals surface area contributed by atoms with Gasteiger partial charge in [-0.1, -0.05) is 47.5 Å². The molecule has 0 atom stereocenters. The van der Waals surface area contributed by atoms with E-state index in [1.54, 1.807) is 42.5 Å². The van der Waals surface area contributed by atoms with Crippen LogP contribution in [0.2, 0.25) is 10.0 Å². The average molecular weight is 392 g/mol. The van der Waals surface area contributed by atoms with Crippen LogP contribution in [-0.4, -0.2) is 28.7 Å². The molecule has 0 saturated carbocycles. The van der Waals surface area contributed by atoms with E-state index in [-0.39, 0.29) is 15.7 Å². The zero-order chi connectivity index (χ0) is 18.7. The van der Waals surface area contributed by atoms with Gasteiger partial charge in [-0.2, -0.15) is 5.10 Å². The van der Waals surface area contributed by atoms with E-state index in [4.69, 9.17) is 27.9 Å². The first-order valence-electron chi connectivity index (χ1n) is 7.36. The Morgan fingerprint density at radius 2 is 1.81 bits per heavy atom. The number of fused-ring (bicyclic) bond motifs is 1. The predicted octanol–water partition coefficient (Wildman–Crippen LogP) is 3.03. The highest BCUT2D eigenvalue weighted by Crippen LogP contribution is 2.29. The fourth-order valence-corrected chi connectivity index (χ4v) is 2.60. The average Bonchev–Trinajstić information content (AvgIpc) is 2.64. The third-order valence-corrected chi connectivity index (χ3v) is 4.27. The smallest absolute Gasteiger partial charge is 0.359 e. The number of hydrogen-bond acceptors (Lipinski definition) is 5. The van der Waals surface area contributed by atoms with Crippen molar-refractivity contribution in [3.8, 4) is 0 Å². The fourth-order valence-electron chi connectivity index (χ4n) is 2.26. The molecular weight excluding hydrogens is 381 g/mol. The lowest BCUT2D eigenvalue weighted by molar-refractivity contribution is -0.119. The van der Waals surface area contributed by atoms with Crippen molar-refractivity contribution in [3.63, 3.8) is 0 Å². The van der Waals surface area contributed by atoms with Crippen molar-refractivity contribution in [3.05, 3.63) is 68.6 Å². The topological polar surface area (TPSA) is 101 Å². The standard InChI is InChI=1S/C17H11Cl2N3O4/c18-11-6-3-7-12(14(11)19)20-13(23)8-26-17(25)15-9-4-1-2-5-10(9)16(24)22-21-15/h1-7H,8H2,(H,20,23)(H,22,24). The van der Waals surface area contributed by atoms with Crippen molar-refractivity contribution in [1.29, 1.82) is 0 Å². The maximum atomic E-state index is 12.2. The number of nitrogens with zero attached hydrogens (tertiary/aromatic N) is 1. The molecule has 0 saturated heterocycles. The Bertz CT molecular complexity index is 1070. The van der Waals surface area contributed by atoms with Crippen LogP contribution in [0.3, 0.4) is 0 Å². The van der Waals surface area contributed by atoms with Crippen LogP contribution in [0.25, 0.3) is 10.8 Å². The van der Waals surface area contributed by atoms with Gasteiger partial charge in [-0.3, -0.25) is 9.59 Å². The number of esters is 1. The number of benzene rings is 2. The summed E-state index contributed by atoms with van der Waals surface area (Å²) in [6.07, 6.45) is 0. The monoisotopic (exact) mass is 391 g/mol. The molecule has 0 radical (unpaired) electrons. The molecule has 2 aromatic carbocycles. The third kappa shape index (κ3) is 3.68. The Kier molecular flexibility index (Phi) is 5.20. The lowest BCUT2D eigenvalue weighted by atomic mass is 10.1. The number of halogens is 2. The predicted molar refractivity (Wildman–Crippen MR) is 97.7 cm³/mol. The minimum Gasteiger partial charge on any atom is -0.451 e. The number of hydrogen-bond donors (Lipinski definition) is 2. The number of H-pyrrole nitrogens is 1. The van der Waals surface area contributed by atoms with Crippen molar-refractivity contribution >= 4 is 51.5 Å². The van der Waals surface area contributed by atoms with Gasteiger partial charge in [0.25, 0.3) is 11.5 Å². The van der Waals surface area contributed by atoms with Crippen LogP contribution in [0, 0.1) is 0 Å². The Balaban J connectivity index is 1.71. The molecule has 0 unspecified atom stereocenters. The van der Waals surface area contributed by atoms with Gasteiger partial charge < -0.3 is 10.1 Å². The number of carbonyl (C=O) groups is 2. The molecule has 0 aliphatic heterocycles. The van der Waals surface area contributed by atoms with Crippen LogP contribution in [0.1, 0.15) is 10.5 Å². The Morgan fingerprint density at radius 3 is 2.58 bits per heavy atom. The molecule has 7 nitrogen and oxygen atoms in total. The van der Waals surface area contributed by atoms with E-state index in [9.17, 15) is 14.4 Å². The SMILES string of the molecule is O=C(COC(=O)c1n[nH]c(=O)c2ccccc12)Nc1cccc(Cl)c1Cl. The van der Waals surface area contributed by atoms with E-state index in [0.717, 1.165) is 0 Å². The minimum absolute atomic E-state index is 0.0891. The molecule has 3 aromatic rings. The third-order valence-electron chi connectivity index (χ3n) is 3.45. The Labute approximate surface area is 156 Å². The number of carbonyl (C=O) groups excluding carboxylic acids is 2. The van der Waals surface area contributed by atoms with Gasteiger partial charge in [-0.15, -0.1) is 0 Å². The summed E-state index contributed by atoms with van der Waals surface area (Å²) in [4.78, 5) is 35.9. The van der Waals surface area contributed by atoms with Gasteiger partial charge in [-0.25, -0.2) is 9.89 Å². The highest BCUT2D eigenvalue weighted by atomic mass is 35.5. The molecule has 0 spiro atoms. The number of aromatic amines is 1. The molecular formula is C17H11Cl2N3O4. The van der Waals surface area contributed by atoms with Gasteiger partial charge in [0, 0.05) is 5.39 Å². The van der Waals surface area contributed by atoms with Gasteiger partial charge in [0.1, 0.15) is 0 Å². The second kappa shape index (κ2) is 7.55. The molecule has 0 aliphatic carbocycles. The lowest BCUT2D eigenvalue weighted by Gasteiger charge is -2.09. The quantitative estimate of drug-likeness (QED) is 0.665. The van der Waals surface area contributed by atoms with Crippen molar-refractivity contribution in [2.45, 2.75) is 0 Å². The van der Waals surface area contributed by atoms with Crippen LogP contribution >= 0.6 is 23.2 Å². The lowest BCUT2D eigenvalue weighted by Crippen LogP contribution is -2.22. The first-order chi connectivity index (χ1) is 12.5. The molecule has 0 bridgehead atoms. The van der Waals surface area contributed by atoms with Crippen LogP contribution in [0.15, 0.2) is 47.3 Å². The number of anilines is 1. The summed E-state index contributed by atoms with van der Waals surface area (Å²) in [6, 6.07) is 11.2. The largest absolute Gasteiger partial charge is 0.451 e. The van der Waals surface area contributed by atoms with E-state index in [1.807, 2.05) is 0 Å². The molecule has 1 aromatic heterocycles. The molecule has 132 valence electrons. The molecule has 1 heterocycles. The summed E-state index contributed by atoms with van der Waals surface area (Å²) in [7, 11) is 0. The van der Waals surface area contributed by atoms with Gasteiger partial charge in [0.15, 0.2) is 12.3 Å². The summed E-state index contributed by atoms with van der Waals surface area (Å²) >= 11 is 11.8. The molecule has 9 heteroatoms. The van der Waals surface area contributed by atoms with Gasteiger partial charge >= 0.3 is 5.97 Å².